The summed E-state index contributed by atoms with van der Waals surface area (Å²) in [6.45, 7) is 0.225. The number of benzene rings is 4. The quantitative estimate of drug-likeness (QED) is 0.0912. The average Bonchev–Trinajstić information content (AvgIpc) is 3.94. The van der Waals surface area contributed by atoms with Crippen molar-refractivity contribution in [1.29, 1.82) is 0 Å². The lowest BCUT2D eigenvalue weighted by Crippen LogP contribution is -2.19. The molecule has 0 fully saturated rings. The smallest absolute Gasteiger partial charge is 0.508 e. The summed E-state index contributed by atoms with van der Waals surface area (Å²) in [5, 5.41) is 32.8. The molecule has 0 bridgehead atoms. The van der Waals surface area contributed by atoms with Gasteiger partial charge in [-0.1, -0.05) is 57.9 Å². The standard InChI is InChI=1S/C21H14F3N3O4.C13H7F3N4O3.C7H7BrO.CH4/c22-21(23,24)30-17-7-4-14(5-8-17)19-25-20(31-26-19)15-6-9-18(29)27(12-15)11-13-2-1-3-16(28)10-13;14-13(15,16)22-8-3-1-7(2-4-8)11-17-12(23-20-11)9-5-6-10(21)19-18-9;8-5-6-2-1-3-7(9)4-6;/h1-10,12,28H,11H2;1-6H,(H,19,21);1-4,9H,5H2;1H4. The summed E-state index contributed by atoms with van der Waals surface area (Å²) in [7, 11) is 0. The van der Waals surface area contributed by atoms with Gasteiger partial charge in [-0.2, -0.15) is 15.1 Å². The molecule has 0 saturated carbocycles. The molecule has 0 spiro atoms. The van der Waals surface area contributed by atoms with Crippen molar-refractivity contribution in [3.63, 3.8) is 0 Å². The first-order valence-corrected chi connectivity index (χ1v) is 18.9. The van der Waals surface area contributed by atoms with Crippen LogP contribution >= 0.6 is 15.9 Å². The number of hydrogen-bond acceptors (Lipinski definition) is 13. The zero-order valence-electron chi connectivity index (χ0n) is 31.7. The Balaban J connectivity index is 0.000000204. The highest BCUT2D eigenvalue weighted by Gasteiger charge is 2.32. The third-order valence-corrected chi connectivity index (χ3v) is 8.65. The van der Waals surface area contributed by atoms with Gasteiger partial charge in [-0.3, -0.25) is 9.59 Å². The molecule has 0 saturated heterocycles. The fraction of sp³-hybridized carbons (Fsp3) is 0.119. The van der Waals surface area contributed by atoms with E-state index < -0.39 is 12.7 Å². The Labute approximate surface area is 365 Å². The molecule has 0 aliphatic carbocycles. The van der Waals surface area contributed by atoms with E-state index in [1.165, 1.54) is 59.2 Å². The van der Waals surface area contributed by atoms with E-state index in [0.29, 0.717) is 22.4 Å². The summed E-state index contributed by atoms with van der Waals surface area (Å²) >= 11 is 3.28. The minimum absolute atomic E-state index is 0. The van der Waals surface area contributed by atoms with Gasteiger partial charge in [0.2, 0.25) is 11.6 Å². The van der Waals surface area contributed by atoms with Crippen molar-refractivity contribution >= 4 is 15.9 Å². The Kier molecular flexibility index (Phi) is 15.4. The molecule has 4 aromatic carbocycles. The number of hydrogen-bond donors (Lipinski definition) is 3. The van der Waals surface area contributed by atoms with Crippen LogP contribution in [0.15, 0.2) is 146 Å². The first-order valence-electron chi connectivity index (χ1n) is 17.8. The number of nitrogens with one attached hydrogen (secondary N) is 1. The maximum absolute atomic E-state index is 12.3. The largest absolute Gasteiger partial charge is 0.573 e. The summed E-state index contributed by atoms with van der Waals surface area (Å²) in [6.07, 6.45) is -7.98. The summed E-state index contributed by atoms with van der Waals surface area (Å²) < 4.78 is 92.4. The van der Waals surface area contributed by atoms with Crippen molar-refractivity contribution in [3.8, 4) is 68.8 Å². The molecule has 0 aliphatic heterocycles. The molecule has 15 nitrogen and oxygen atoms in total. The predicted molar refractivity (Wildman–Crippen MR) is 221 cm³/mol. The second-order valence-corrected chi connectivity index (χ2v) is 13.2. The van der Waals surface area contributed by atoms with E-state index in [4.69, 9.17) is 14.2 Å². The number of phenols is 2. The van der Waals surface area contributed by atoms with E-state index in [9.17, 15) is 41.0 Å². The van der Waals surface area contributed by atoms with E-state index in [2.05, 4.69) is 55.9 Å². The first kappa shape index (κ1) is 47.3. The molecule has 3 N–H and O–H groups in total. The average molecular weight is 957 g/mol. The van der Waals surface area contributed by atoms with Crippen molar-refractivity contribution in [2.45, 2.75) is 32.0 Å². The van der Waals surface area contributed by atoms with Gasteiger partial charge in [0, 0.05) is 34.8 Å². The van der Waals surface area contributed by atoms with Crippen LogP contribution in [0.25, 0.3) is 45.8 Å². The Bertz CT molecular complexity index is 2860. The van der Waals surface area contributed by atoms with Crippen molar-refractivity contribution in [3.05, 3.63) is 159 Å². The monoisotopic (exact) mass is 955 g/mol. The van der Waals surface area contributed by atoms with Gasteiger partial charge in [-0.15, -0.1) is 26.3 Å². The van der Waals surface area contributed by atoms with Crippen LogP contribution in [0.5, 0.6) is 23.0 Å². The molecule has 0 radical (unpaired) electrons. The van der Waals surface area contributed by atoms with E-state index in [1.54, 1.807) is 36.5 Å². The van der Waals surface area contributed by atoms with E-state index in [-0.39, 0.29) is 71.5 Å². The van der Waals surface area contributed by atoms with Crippen molar-refractivity contribution in [2.24, 2.45) is 0 Å². The number of aromatic hydroxyl groups is 2. The Hall–Kier alpha value is -7.75. The highest BCUT2D eigenvalue weighted by atomic mass is 79.9. The van der Waals surface area contributed by atoms with Crippen LogP contribution in [0.2, 0.25) is 0 Å². The number of aromatic nitrogens is 7. The predicted octanol–water partition coefficient (Wildman–Crippen LogP) is 9.53. The van der Waals surface area contributed by atoms with Gasteiger partial charge in [-0.25, -0.2) is 5.10 Å². The van der Waals surface area contributed by atoms with Gasteiger partial charge in [0.15, 0.2) is 0 Å². The van der Waals surface area contributed by atoms with E-state index >= 15 is 0 Å². The third kappa shape index (κ3) is 13.9. The van der Waals surface area contributed by atoms with Gasteiger partial charge in [0.05, 0.1) is 12.1 Å². The van der Waals surface area contributed by atoms with Crippen molar-refractivity contribution in [1.82, 2.24) is 35.0 Å². The number of ether oxygens (including phenoxy) is 2. The van der Waals surface area contributed by atoms with Gasteiger partial charge < -0.3 is 33.3 Å². The van der Waals surface area contributed by atoms with Crippen LogP contribution in [0.1, 0.15) is 18.6 Å². The summed E-state index contributed by atoms with van der Waals surface area (Å²) in [6, 6.07) is 29.3. The topological polar surface area (TPSA) is 205 Å². The Morgan fingerprint density at radius 1 is 0.641 bits per heavy atom. The Morgan fingerprint density at radius 2 is 1.14 bits per heavy atom. The van der Waals surface area contributed by atoms with Gasteiger partial charge >= 0.3 is 12.7 Å². The van der Waals surface area contributed by atoms with Gasteiger partial charge in [0.1, 0.15) is 28.7 Å². The summed E-state index contributed by atoms with van der Waals surface area (Å²) in [5.74, 6) is 0.223. The van der Waals surface area contributed by atoms with E-state index in [0.717, 1.165) is 40.7 Å². The number of H-pyrrole nitrogens is 1. The van der Waals surface area contributed by atoms with Crippen LogP contribution in [-0.2, 0) is 11.9 Å². The van der Waals surface area contributed by atoms with Crippen LogP contribution in [0.3, 0.4) is 0 Å². The molecule has 22 heteroatoms. The highest BCUT2D eigenvalue weighted by Crippen LogP contribution is 2.28. The normalized spacial score (nSPS) is 11.0. The zero-order valence-corrected chi connectivity index (χ0v) is 33.3. The van der Waals surface area contributed by atoms with Gasteiger partial charge in [0.25, 0.3) is 22.9 Å². The maximum atomic E-state index is 12.3. The van der Waals surface area contributed by atoms with Crippen molar-refractivity contribution in [2.75, 3.05) is 0 Å². The molecule has 332 valence electrons. The van der Waals surface area contributed by atoms with Crippen LogP contribution in [-0.4, -0.2) is 58.0 Å². The van der Waals surface area contributed by atoms with Crippen LogP contribution < -0.4 is 20.6 Å². The number of nitrogens with zero attached hydrogens (tertiary/aromatic N) is 6. The second-order valence-electron chi connectivity index (χ2n) is 12.7. The van der Waals surface area contributed by atoms with Gasteiger partial charge in [-0.05, 0) is 96.1 Å². The van der Waals surface area contributed by atoms with Crippen LogP contribution in [0.4, 0.5) is 26.3 Å². The highest BCUT2D eigenvalue weighted by molar-refractivity contribution is 9.08. The minimum Gasteiger partial charge on any atom is -0.508 e. The number of pyridine rings is 1. The number of rotatable bonds is 9. The SMILES string of the molecule is C.O=c1ccc(-c2nc(-c3ccc(OC(F)(F)F)cc3)no2)cn1Cc1cccc(O)c1.O=c1ccc(-c2nc(-c3ccc(OC(F)(F)F)cc3)no2)n[nH]1.Oc1cccc(CBr)c1. The van der Waals surface area contributed by atoms with Crippen LogP contribution in [0, 0.1) is 0 Å². The van der Waals surface area contributed by atoms with Crippen molar-refractivity contribution < 1.29 is 55.1 Å². The number of halogens is 7. The summed E-state index contributed by atoms with van der Waals surface area (Å²) in [5.41, 5.74) is 2.79. The zero-order chi connectivity index (χ0) is 45.1. The third-order valence-electron chi connectivity index (χ3n) is 8.00. The van der Waals surface area contributed by atoms with E-state index in [1.807, 2.05) is 12.1 Å². The maximum Gasteiger partial charge on any atom is 0.573 e. The molecule has 8 aromatic rings. The number of alkyl halides is 7. The molecule has 4 heterocycles. The lowest BCUT2D eigenvalue weighted by Gasteiger charge is -2.08. The lowest BCUT2D eigenvalue weighted by atomic mass is 10.2. The first-order chi connectivity index (χ1) is 30.0. The molecule has 0 unspecified atom stereocenters. The summed E-state index contributed by atoms with van der Waals surface area (Å²) in [4.78, 5) is 31.4. The molecular formula is C42H32BrF6N7O8. The number of phenolic OH excluding ortho intramolecular Hbond substituents is 2. The molecule has 64 heavy (non-hydrogen) atoms. The fourth-order valence-corrected chi connectivity index (χ4v) is 5.60. The minimum atomic E-state index is -4.78. The second kappa shape index (κ2) is 20.9. The Morgan fingerprint density at radius 3 is 1.62 bits per heavy atom. The molecule has 0 aliphatic rings. The molecule has 8 rings (SSSR count). The molecule has 4 aromatic heterocycles. The fourth-order valence-electron chi connectivity index (χ4n) is 5.25. The number of aromatic amines is 1. The molecule has 0 atom stereocenters. The molecular weight excluding hydrogens is 924 g/mol. The molecule has 0 amide bonds. The lowest BCUT2D eigenvalue weighted by molar-refractivity contribution is -0.275.